The van der Waals surface area contributed by atoms with Crippen molar-refractivity contribution in [1.29, 1.82) is 0 Å². The van der Waals surface area contributed by atoms with E-state index in [2.05, 4.69) is 27.1 Å². The van der Waals surface area contributed by atoms with Crippen LogP contribution in [0.3, 0.4) is 0 Å². The Labute approximate surface area is 124 Å². The van der Waals surface area contributed by atoms with Gasteiger partial charge in [-0.05, 0) is 39.7 Å². The molecule has 0 spiro atoms. The molecule has 0 fully saturated rings. The third-order valence-corrected chi connectivity index (χ3v) is 4.17. The van der Waals surface area contributed by atoms with Crippen molar-refractivity contribution in [3.8, 4) is 17.0 Å². The standard InChI is InChI=1S/C14H13BrN2O3/c1-17-14(13(15)10(16-17)7-12(18)19)9-2-3-11-8(6-9)4-5-20-11/h2-3,6H,4-5,7H2,1H3,(H,18,19). The smallest absolute Gasteiger partial charge is 0.309 e. The number of hydrogen-bond donors (Lipinski definition) is 1. The average molecular weight is 337 g/mol. The summed E-state index contributed by atoms with van der Waals surface area (Å²) in [5.74, 6) is 0.0375. The minimum absolute atomic E-state index is 0.0948. The fraction of sp³-hybridized carbons (Fsp3) is 0.286. The van der Waals surface area contributed by atoms with Crippen molar-refractivity contribution >= 4 is 21.9 Å². The van der Waals surface area contributed by atoms with Crippen LogP contribution < -0.4 is 4.74 Å². The molecule has 0 saturated heterocycles. The van der Waals surface area contributed by atoms with Gasteiger partial charge in [0.25, 0.3) is 0 Å². The lowest BCUT2D eigenvalue weighted by atomic mass is 10.1. The molecular formula is C14H13BrN2O3. The van der Waals surface area contributed by atoms with E-state index in [9.17, 15) is 4.79 Å². The summed E-state index contributed by atoms with van der Waals surface area (Å²) in [5, 5.41) is 13.2. The van der Waals surface area contributed by atoms with Gasteiger partial charge in [-0.1, -0.05) is 0 Å². The second-order valence-corrected chi connectivity index (χ2v) is 5.52. The quantitative estimate of drug-likeness (QED) is 0.934. The zero-order valence-electron chi connectivity index (χ0n) is 10.9. The van der Waals surface area contributed by atoms with Crippen molar-refractivity contribution in [3.05, 3.63) is 33.9 Å². The topological polar surface area (TPSA) is 64.4 Å². The largest absolute Gasteiger partial charge is 0.493 e. The Morgan fingerprint density at radius 1 is 1.55 bits per heavy atom. The first-order valence-corrected chi connectivity index (χ1v) is 7.05. The van der Waals surface area contributed by atoms with E-state index >= 15 is 0 Å². The molecule has 0 radical (unpaired) electrons. The van der Waals surface area contributed by atoms with Crippen LogP contribution in [-0.4, -0.2) is 27.5 Å². The van der Waals surface area contributed by atoms with Gasteiger partial charge in [0.05, 0.1) is 28.9 Å². The predicted octanol–water partition coefficient (Wildman–Crippen LogP) is 2.41. The van der Waals surface area contributed by atoms with Crippen LogP contribution in [0.1, 0.15) is 11.3 Å². The SMILES string of the molecule is Cn1nc(CC(=O)O)c(Br)c1-c1ccc2c(c1)CCO2. The fourth-order valence-corrected chi connectivity index (χ4v) is 3.16. The van der Waals surface area contributed by atoms with E-state index < -0.39 is 5.97 Å². The number of ether oxygens (including phenoxy) is 1. The van der Waals surface area contributed by atoms with Crippen molar-refractivity contribution in [3.63, 3.8) is 0 Å². The maximum atomic E-state index is 10.8. The monoisotopic (exact) mass is 336 g/mol. The normalized spacial score (nSPS) is 13.1. The summed E-state index contributed by atoms with van der Waals surface area (Å²) in [6.07, 6.45) is 0.809. The number of fused-ring (bicyclic) bond motifs is 1. The first-order valence-electron chi connectivity index (χ1n) is 6.25. The Hall–Kier alpha value is -1.82. The summed E-state index contributed by atoms with van der Waals surface area (Å²) >= 11 is 3.47. The molecule has 1 aromatic heterocycles. The summed E-state index contributed by atoms with van der Waals surface area (Å²) in [6.45, 7) is 0.718. The Morgan fingerprint density at radius 2 is 2.35 bits per heavy atom. The number of carboxylic acids is 1. The van der Waals surface area contributed by atoms with Crippen LogP contribution in [0.4, 0.5) is 0 Å². The number of carboxylic acid groups (broad SMARTS) is 1. The van der Waals surface area contributed by atoms with Crippen LogP contribution in [0, 0.1) is 0 Å². The molecule has 6 heteroatoms. The lowest BCUT2D eigenvalue weighted by Crippen LogP contribution is -2.02. The Balaban J connectivity index is 2.06. The van der Waals surface area contributed by atoms with Gasteiger partial charge in [-0.15, -0.1) is 0 Å². The van der Waals surface area contributed by atoms with Gasteiger partial charge >= 0.3 is 5.97 Å². The summed E-state index contributed by atoms with van der Waals surface area (Å²) in [6, 6.07) is 6.00. The van der Waals surface area contributed by atoms with Gasteiger partial charge in [0.1, 0.15) is 5.75 Å². The van der Waals surface area contributed by atoms with Crippen LogP contribution >= 0.6 is 15.9 Å². The third kappa shape index (κ3) is 2.20. The van der Waals surface area contributed by atoms with E-state index in [-0.39, 0.29) is 6.42 Å². The van der Waals surface area contributed by atoms with Gasteiger partial charge in [-0.25, -0.2) is 0 Å². The molecule has 3 rings (SSSR count). The zero-order valence-corrected chi connectivity index (χ0v) is 12.5. The van der Waals surface area contributed by atoms with Crippen LogP contribution in [0.25, 0.3) is 11.3 Å². The highest BCUT2D eigenvalue weighted by Gasteiger charge is 2.19. The molecule has 0 atom stereocenters. The number of hydrogen-bond acceptors (Lipinski definition) is 3. The predicted molar refractivity (Wildman–Crippen MR) is 76.9 cm³/mol. The van der Waals surface area contributed by atoms with Crippen molar-refractivity contribution < 1.29 is 14.6 Å². The minimum atomic E-state index is -0.891. The first-order chi connectivity index (χ1) is 9.56. The first kappa shape index (κ1) is 13.2. The fourth-order valence-electron chi connectivity index (χ4n) is 2.46. The molecule has 20 heavy (non-hydrogen) atoms. The zero-order chi connectivity index (χ0) is 14.3. The molecule has 0 unspecified atom stereocenters. The highest BCUT2D eigenvalue weighted by molar-refractivity contribution is 9.10. The highest BCUT2D eigenvalue weighted by Crippen LogP contribution is 2.35. The molecule has 1 aliphatic rings. The lowest BCUT2D eigenvalue weighted by Gasteiger charge is -2.05. The molecule has 1 N–H and O–H groups in total. The summed E-state index contributed by atoms with van der Waals surface area (Å²) in [5.41, 5.74) is 3.60. The molecule has 0 amide bonds. The van der Waals surface area contributed by atoms with Crippen molar-refractivity contribution in [2.24, 2.45) is 7.05 Å². The summed E-state index contributed by atoms with van der Waals surface area (Å²) in [4.78, 5) is 10.8. The van der Waals surface area contributed by atoms with E-state index in [1.54, 1.807) is 4.68 Å². The van der Waals surface area contributed by atoms with E-state index in [0.717, 1.165) is 34.5 Å². The number of benzene rings is 1. The number of aryl methyl sites for hydroxylation is 1. The minimum Gasteiger partial charge on any atom is -0.493 e. The summed E-state index contributed by atoms with van der Waals surface area (Å²) in [7, 11) is 1.81. The van der Waals surface area contributed by atoms with E-state index in [4.69, 9.17) is 9.84 Å². The molecule has 2 aromatic rings. The second kappa shape index (κ2) is 4.94. The van der Waals surface area contributed by atoms with Crippen LogP contribution in [0.15, 0.2) is 22.7 Å². The van der Waals surface area contributed by atoms with E-state index in [1.165, 1.54) is 5.56 Å². The number of halogens is 1. The third-order valence-electron chi connectivity index (χ3n) is 3.34. The highest BCUT2D eigenvalue weighted by atomic mass is 79.9. The van der Waals surface area contributed by atoms with E-state index in [0.29, 0.717) is 5.69 Å². The van der Waals surface area contributed by atoms with Gasteiger partial charge < -0.3 is 9.84 Å². The maximum absolute atomic E-state index is 10.8. The Bertz CT molecular complexity index is 694. The Morgan fingerprint density at radius 3 is 3.10 bits per heavy atom. The van der Waals surface area contributed by atoms with Gasteiger partial charge in [0.2, 0.25) is 0 Å². The number of carbonyl (C=O) groups is 1. The number of aliphatic carboxylic acids is 1. The second-order valence-electron chi connectivity index (χ2n) is 4.72. The number of aromatic nitrogens is 2. The van der Waals surface area contributed by atoms with Crippen molar-refractivity contribution in [2.75, 3.05) is 6.61 Å². The van der Waals surface area contributed by atoms with Gasteiger partial charge in [0.15, 0.2) is 0 Å². The Kier molecular flexibility index (Phi) is 3.25. The number of nitrogens with zero attached hydrogens (tertiary/aromatic N) is 2. The van der Waals surface area contributed by atoms with Crippen LogP contribution in [0.2, 0.25) is 0 Å². The lowest BCUT2D eigenvalue weighted by molar-refractivity contribution is -0.136. The molecule has 5 nitrogen and oxygen atoms in total. The van der Waals surface area contributed by atoms with Crippen molar-refractivity contribution in [2.45, 2.75) is 12.8 Å². The van der Waals surface area contributed by atoms with Gasteiger partial charge in [-0.2, -0.15) is 5.10 Å². The molecule has 1 aromatic carbocycles. The maximum Gasteiger partial charge on any atom is 0.309 e. The van der Waals surface area contributed by atoms with Crippen LogP contribution in [-0.2, 0) is 24.7 Å². The number of rotatable bonds is 3. The average Bonchev–Trinajstić information content (AvgIpc) is 2.94. The molecule has 0 aliphatic carbocycles. The molecule has 0 bridgehead atoms. The van der Waals surface area contributed by atoms with Crippen molar-refractivity contribution in [1.82, 2.24) is 9.78 Å². The van der Waals surface area contributed by atoms with Crippen LogP contribution in [0.5, 0.6) is 5.75 Å². The van der Waals surface area contributed by atoms with E-state index in [1.807, 2.05) is 19.2 Å². The molecule has 1 aliphatic heterocycles. The summed E-state index contributed by atoms with van der Waals surface area (Å²) < 4.78 is 7.94. The van der Waals surface area contributed by atoms with Gasteiger partial charge in [0, 0.05) is 19.0 Å². The molecule has 104 valence electrons. The molecule has 2 heterocycles. The molecular weight excluding hydrogens is 324 g/mol. The molecule has 0 saturated carbocycles. The van der Waals surface area contributed by atoms with Gasteiger partial charge in [-0.3, -0.25) is 9.48 Å².